The highest BCUT2D eigenvalue weighted by Gasteiger charge is 2.26. The fourth-order valence-corrected chi connectivity index (χ4v) is 5.76. The van der Waals surface area contributed by atoms with Crippen LogP contribution >= 0.6 is 0 Å². The van der Waals surface area contributed by atoms with Crippen LogP contribution in [-0.2, 0) is 11.3 Å². The number of aromatic nitrogens is 3. The molecule has 1 aromatic heterocycles. The predicted molar refractivity (Wildman–Crippen MR) is 159 cm³/mol. The summed E-state index contributed by atoms with van der Waals surface area (Å²) in [7, 11) is 0. The minimum absolute atomic E-state index is 0.201. The van der Waals surface area contributed by atoms with Crippen LogP contribution in [0.4, 0.5) is 4.39 Å². The minimum atomic E-state index is -0.733. The van der Waals surface area contributed by atoms with E-state index in [-0.39, 0.29) is 23.6 Å². The van der Waals surface area contributed by atoms with Gasteiger partial charge in [-0.1, -0.05) is 71.9 Å². The van der Waals surface area contributed by atoms with Crippen LogP contribution in [0.5, 0.6) is 0 Å². The van der Waals surface area contributed by atoms with Crippen molar-refractivity contribution in [2.45, 2.75) is 32.2 Å². The average molecular weight is 563 g/mol. The maximum absolute atomic E-state index is 13.7. The third-order valence-corrected chi connectivity index (χ3v) is 8.17. The van der Waals surface area contributed by atoms with Crippen LogP contribution in [0.1, 0.15) is 41.6 Å². The molecular formula is C34H31FN4O3. The molecule has 0 radical (unpaired) electrons. The standard InChI is InChI=1S/C34H31FN4O3/c35-29-16-14-26(15-17-29)25-10-8-23(9-11-25)21-39-32-30(33(40)36-20-22-6-12-27(13-7-22)34(41)42)18-28(19-31(32)37-38-39)24-4-2-1-3-5-24/h1-5,8-11,14-19,22,27H,6-7,12-13,20-21H2,(H,36,40)(H,41,42). The molecule has 1 amide bonds. The first-order valence-corrected chi connectivity index (χ1v) is 14.2. The molecule has 6 rings (SSSR count). The summed E-state index contributed by atoms with van der Waals surface area (Å²) in [6.45, 7) is 0.916. The molecular weight excluding hydrogens is 531 g/mol. The Morgan fingerprint density at radius 1 is 0.833 bits per heavy atom. The molecule has 212 valence electrons. The lowest BCUT2D eigenvalue weighted by molar-refractivity contribution is -0.143. The summed E-state index contributed by atoms with van der Waals surface area (Å²) in [6, 6.07) is 28.1. The molecule has 1 saturated carbocycles. The van der Waals surface area contributed by atoms with E-state index in [0.29, 0.717) is 42.5 Å². The summed E-state index contributed by atoms with van der Waals surface area (Å²) >= 11 is 0. The van der Waals surface area contributed by atoms with Crippen molar-refractivity contribution in [2.75, 3.05) is 6.54 Å². The van der Waals surface area contributed by atoms with Crippen molar-refractivity contribution in [1.29, 1.82) is 0 Å². The number of halogens is 1. The fraction of sp³-hybridized carbons (Fsp3) is 0.235. The Morgan fingerprint density at radius 2 is 1.48 bits per heavy atom. The molecule has 4 aromatic carbocycles. The highest BCUT2D eigenvalue weighted by molar-refractivity contribution is 6.06. The Hall–Kier alpha value is -4.85. The SMILES string of the molecule is O=C(NCC1CCC(C(=O)O)CC1)c1cc(-c2ccccc2)cc2nnn(Cc3ccc(-c4ccc(F)cc4)cc3)c12. The van der Waals surface area contributed by atoms with Gasteiger partial charge in [-0.3, -0.25) is 9.59 Å². The van der Waals surface area contributed by atoms with E-state index < -0.39 is 5.97 Å². The summed E-state index contributed by atoms with van der Waals surface area (Å²) in [6.07, 6.45) is 2.84. The van der Waals surface area contributed by atoms with E-state index in [1.807, 2.05) is 66.7 Å². The number of nitrogens with zero attached hydrogens (tertiary/aromatic N) is 3. The van der Waals surface area contributed by atoms with Gasteiger partial charge < -0.3 is 10.4 Å². The molecule has 1 aliphatic carbocycles. The van der Waals surface area contributed by atoms with Crippen molar-refractivity contribution >= 4 is 22.9 Å². The molecule has 42 heavy (non-hydrogen) atoms. The number of benzene rings is 4. The topological polar surface area (TPSA) is 97.1 Å². The quantitative estimate of drug-likeness (QED) is 0.223. The number of rotatable bonds is 8. The Labute approximate surface area is 243 Å². The molecule has 1 aliphatic rings. The number of amides is 1. The van der Waals surface area contributed by atoms with Gasteiger partial charge in [-0.25, -0.2) is 9.07 Å². The van der Waals surface area contributed by atoms with Crippen molar-refractivity contribution in [3.8, 4) is 22.3 Å². The number of carbonyl (C=O) groups excluding carboxylic acids is 1. The number of hydrogen-bond acceptors (Lipinski definition) is 4. The van der Waals surface area contributed by atoms with Gasteiger partial charge in [0.25, 0.3) is 5.91 Å². The first-order chi connectivity index (χ1) is 20.4. The number of carboxylic acids is 1. The lowest BCUT2D eigenvalue weighted by atomic mass is 9.82. The number of nitrogens with one attached hydrogen (secondary N) is 1. The predicted octanol–water partition coefficient (Wildman–Crippen LogP) is 6.57. The van der Waals surface area contributed by atoms with Crippen molar-refractivity contribution < 1.29 is 19.1 Å². The molecule has 0 aliphatic heterocycles. The molecule has 2 N–H and O–H groups in total. The second kappa shape index (κ2) is 11.9. The molecule has 0 atom stereocenters. The van der Waals surface area contributed by atoms with Crippen molar-refractivity contribution in [2.24, 2.45) is 11.8 Å². The zero-order chi connectivity index (χ0) is 29.1. The second-order valence-electron chi connectivity index (χ2n) is 11.0. The fourth-order valence-electron chi connectivity index (χ4n) is 5.76. The molecule has 1 heterocycles. The largest absolute Gasteiger partial charge is 0.481 e. The Morgan fingerprint density at radius 3 is 2.14 bits per heavy atom. The molecule has 8 heteroatoms. The van der Waals surface area contributed by atoms with Crippen molar-refractivity contribution in [3.05, 3.63) is 108 Å². The van der Waals surface area contributed by atoms with Gasteiger partial charge in [-0.15, -0.1) is 5.10 Å². The van der Waals surface area contributed by atoms with Gasteiger partial charge in [0.1, 0.15) is 16.9 Å². The molecule has 0 spiro atoms. The van der Waals surface area contributed by atoms with E-state index in [1.165, 1.54) is 12.1 Å². The number of hydrogen-bond donors (Lipinski definition) is 2. The normalized spacial score (nSPS) is 16.8. The van der Waals surface area contributed by atoms with E-state index in [1.54, 1.807) is 16.8 Å². The van der Waals surface area contributed by atoms with Gasteiger partial charge >= 0.3 is 5.97 Å². The van der Waals surface area contributed by atoms with Crippen molar-refractivity contribution in [1.82, 2.24) is 20.3 Å². The average Bonchev–Trinajstić information content (AvgIpc) is 3.43. The number of carboxylic acid groups (broad SMARTS) is 1. The monoisotopic (exact) mass is 562 g/mol. The first kappa shape index (κ1) is 27.3. The first-order valence-electron chi connectivity index (χ1n) is 14.2. The number of fused-ring (bicyclic) bond motifs is 1. The van der Waals surface area contributed by atoms with E-state index in [0.717, 1.165) is 40.7 Å². The van der Waals surface area contributed by atoms with Gasteiger partial charge in [-0.2, -0.15) is 0 Å². The Balaban J connectivity index is 1.27. The maximum atomic E-state index is 13.7. The zero-order valence-corrected chi connectivity index (χ0v) is 23.0. The molecule has 0 unspecified atom stereocenters. The number of aliphatic carboxylic acids is 1. The van der Waals surface area contributed by atoms with Gasteiger partial charge in [0, 0.05) is 6.54 Å². The molecule has 0 saturated heterocycles. The Kier molecular flexibility index (Phi) is 7.77. The Bertz CT molecular complexity index is 1710. The highest BCUT2D eigenvalue weighted by atomic mass is 19.1. The zero-order valence-electron chi connectivity index (χ0n) is 23.0. The van der Waals surface area contributed by atoms with E-state index in [4.69, 9.17) is 0 Å². The van der Waals surface area contributed by atoms with Crippen LogP contribution in [-0.4, -0.2) is 38.5 Å². The van der Waals surface area contributed by atoms with Crippen LogP contribution in [0.25, 0.3) is 33.3 Å². The summed E-state index contributed by atoms with van der Waals surface area (Å²) in [5.41, 5.74) is 6.54. The lowest BCUT2D eigenvalue weighted by Crippen LogP contribution is -2.32. The molecule has 5 aromatic rings. The van der Waals surface area contributed by atoms with Gasteiger partial charge in [0.05, 0.1) is 18.0 Å². The summed E-state index contributed by atoms with van der Waals surface area (Å²) in [4.78, 5) is 25.0. The third kappa shape index (κ3) is 5.93. The van der Waals surface area contributed by atoms with Gasteiger partial charge in [0.2, 0.25) is 0 Å². The maximum Gasteiger partial charge on any atom is 0.306 e. The number of carbonyl (C=O) groups is 2. The summed E-state index contributed by atoms with van der Waals surface area (Å²) < 4.78 is 15.1. The van der Waals surface area contributed by atoms with Crippen LogP contribution in [0.15, 0.2) is 91.0 Å². The smallest absolute Gasteiger partial charge is 0.306 e. The lowest BCUT2D eigenvalue weighted by Gasteiger charge is -2.26. The van der Waals surface area contributed by atoms with E-state index in [9.17, 15) is 19.1 Å². The van der Waals surface area contributed by atoms with E-state index in [2.05, 4.69) is 15.6 Å². The van der Waals surface area contributed by atoms with E-state index >= 15 is 0 Å². The summed E-state index contributed by atoms with van der Waals surface area (Å²) in [5, 5.41) is 21.3. The molecule has 1 fully saturated rings. The van der Waals surface area contributed by atoms with Gasteiger partial charge in [0.15, 0.2) is 0 Å². The minimum Gasteiger partial charge on any atom is -0.481 e. The molecule has 7 nitrogen and oxygen atoms in total. The second-order valence-corrected chi connectivity index (χ2v) is 11.0. The highest BCUT2D eigenvalue weighted by Crippen LogP contribution is 2.30. The van der Waals surface area contributed by atoms with Crippen LogP contribution in [0, 0.1) is 17.7 Å². The van der Waals surface area contributed by atoms with Crippen LogP contribution in [0.3, 0.4) is 0 Å². The van der Waals surface area contributed by atoms with Crippen LogP contribution in [0.2, 0.25) is 0 Å². The summed E-state index contributed by atoms with van der Waals surface area (Å²) in [5.74, 6) is -1.24. The van der Waals surface area contributed by atoms with Crippen molar-refractivity contribution in [3.63, 3.8) is 0 Å². The third-order valence-electron chi connectivity index (χ3n) is 8.17. The van der Waals surface area contributed by atoms with Crippen LogP contribution < -0.4 is 5.32 Å². The molecule has 0 bridgehead atoms. The van der Waals surface area contributed by atoms with Gasteiger partial charge in [-0.05, 0) is 83.7 Å².